The molecule has 0 fully saturated rings. The third-order valence-corrected chi connectivity index (χ3v) is 4.13. The van der Waals surface area contributed by atoms with Gasteiger partial charge in [-0.3, -0.25) is 4.79 Å². The van der Waals surface area contributed by atoms with Crippen molar-refractivity contribution in [1.29, 1.82) is 0 Å². The van der Waals surface area contributed by atoms with E-state index in [0.717, 1.165) is 6.42 Å². The minimum atomic E-state index is -0.362. The summed E-state index contributed by atoms with van der Waals surface area (Å²) >= 11 is 12.2. The molecule has 0 aliphatic heterocycles. The summed E-state index contributed by atoms with van der Waals surface area (Å²) in [5.74, 6) is 0.627. The van der Waals surface area contributed by atoms with Gasteiger partial charge in [0, 0.05) is 10.6 Å². The van der Waals surface area contributed by atoms with Gasteiger partial charge in [-0.1, -0.05) is 36.2 Å². The Bertz CT molecular complexity index is 809. The van der Waals surface area contributed by atoms with E-state index in [9.17, 15) is 4.79 Å². The van der Waals surface area contributed by atoms with Gasteiger partial charge in [-0.25, -0.2) is 5.43 Å². The van der Waals surface area contributed by atoms with Crippen molar-refractivity contribution in [2.45, 2.75) is 26.4 Å². The highest BCUT2D eigenvalue weighted by atomic mass is 35.5. The number of ether oxygens (including phenoxy) is 2. The van der Waals surface area contributed by atoms with Gasteiger partial charge in [-0.2, -0.15) is 5.10 Å². The molecule has 7 heteroatoms. The smallest absolute Gasteiger partial charge is 0.271 e. The van der Waals surface area contributed by atoms with Crippen LogP contribution in [-0.4, -0.2) is 25.3 Å². The number of amides is 1. The molecule has 0 heterocycles. The largest absolute Gasteiger partial charge is 0.493 e. The maximum atomic E-state index is 12.0. The fourth-order valence-electron chi connectivity index (χ4n) is 2.07. The van der Waals surface area contributed by atoms with Crippen LogP contribution in [0.1, 0.15) is 36.2 Å². The average molecular weight is 395 g/mol. The Morgan fingerprint density at radius 2 is 2.08 bits per heavy atom. The van der Waals surface area contributed by atoms with Crippen LogP contribution in [0.5, 0.6) is 11.5 Å². The van der Waals surface area contributed by atoms with Crippen LogP contribution in [0.3, 0.4) is 0 Å². The molecule has 0 saturated heterocycles. The van der Waals surface area contributed by atoms with Crippen molar-refractivity contribution in [1.82, 2.24) is 5.43 Å². The van der Waals surface area contributed by atoms with Crippen LogP contribution in [0.15, 0.2) is 41.5 Å². The van der Waals surface area contributed by atoms with Gasteiger partial charge in [0.25, 0.3) is 5.91 Å². The third kappa shape index (κ3) is 5.38. The minimum absolute atomic E-state index is 0.0119. The van der Waals surface area contributed by atoms with E-state index >= 15 is 0 Å². The van der Waals surface area contributed by atoms with Gasteiger partial charge in [0.15, 0.2) is 11.5 Å². The molecule has 2 aromatic carbocycles. The number of nitrogens with zero attached hydrogens (tertiary/aromatic N) is 1. The molecule has 0 aliphatic carbocycles. The third-order valence-electron chi connectivity index (χ3n) is 3.61. The number of rotatable bonds is 7. The molecule has 0 spiro atoms. The van der Waals surface area contributed by atoms with E-state index in [1.165, 1.54) is 13.3 Å². The molecule has 1 atom stereocenters. The van der Waals surface area contributed by atoms with Gasteiger partial charge in [-0.05, 0) is 49.2 Å². The Hall–Kier alpha value is -2.24. The maximum absolute atomic E-state index is 12.0. The quantitative estimate of drug-likeness (QED) is 0.534. The highest BCUT2D eigenvalue weighted by Crippen LogP contribution is 2.37. The van der Waals surface area contributed by atoms with Crippen molar-refractivity contribution in [3.05, 3.63) is 57.6 Å². The second-order valence-electron chi connectivity index (χ2n) is 5.58. The molecule has 0 unspecified atom stereocenters. The number of hydrogen-bond donors (Lipinski definition) is 1. The summed E-state index contributed by atoms with van der Waals surface area (Å²) in [7, 11) is 1.54. The lowest BCUT2D eigenvalue weighted by Gasteiger charge is -2.17. The van der Waals surface area contributed by atoms with Crippen molar-refractivity contribution in [2.24, 2.45) is 5.10 Å². The van der Waals surface area contributed by atoms with E-state index in [4.69, 9.17) is 32.7 Å². The minimum Gasteiger partial charge on any atom is -0.493 e. The lowest BCUT2D eigenvalue weighted by Crippen LogP contribution is -2.17. The molecule has 138 valence electrons. The predicted molar refractivity (Wildman–Crippen MR) is 105 cm³/mol. The van der Waals surface area contributed by atoms with Gasteiger partial charge < -0.3 is 9.47 Å². The number of carbonyl (C=O) groups excluding carboxylic acids is 1. The lowest BCUT2D eigenvalue weighted by atomic mass is 10.2. The number of halogens is 2. The van der Waals surface area contributed by atoms with Crippen LogP contribution in [0, 0.1) is 0 Å². The molecule has 1 N–H and O–H groups in total. The normalized spacial score (nSPS) is 12.0. The van der Waals surface area contributed by atoms with Crippen LogP contribution >= 0.6 is 23.2 Å². The molecular weight excluding hydrogens is 375 g/mol. The van der Waals surface area contributed by atoms with Gasteiger partial charge >= 0.3 is 0 Å². The molecule has 1 amide bonds. The zero-order chi connectivity index (χ0) is 19.1. The fourth-order valence-corrected chi connectivity index (χ4v) is 2.53. The predicted octanol–water partition coefficient (Wildman–Crippen LogP) is 4.94. The average Bonchev–Trinajstić information content (AvgIpc) is 2.63. The first kappa shape index (κ1) is 20.1. The number of nitrogens with one attached hydrogen (secondary N) is 1. The Balaban J connectivity index is 2.12. The molecular formula is C19H20Cl2N2O3. The van der Waals surface area contributed by atoms with E-state index < -0.39 is 0 Å². The lowest BCUT2D eigenvalue weighted by molar-refractivity contribution is 0.0955. The number of hydrazone groups is 1. The highest BCUT2D eigenvalue weighted by molar-refractivity contribution is 6.32. The molecule has 2 rings (SSSR count). The van der Waals surface area contributed by atoms with Crippen LogP contribution in [0.25, 0.3) is 0 Å². The number of methoxy groups -OCH3 is 1. The first-order chi connectivity index (χ1) is 12.4. The van der Waals surface area contributed by atoms with Gasteiger partial charge in [-0.15, -0.1) is 0 Å². The Labute approximate surface area is 162 Å². The highest BCUT2D eigenvalue weighted by Gasteiger charge is 2.14. The van der Waals surface area contributed by atoms with Crippen molar-refractivity contribution in [3.63, 3.8) is 0 Å². The molecule has 26 heavy (non-hydrogen) atoms. The van der Waals surface area contributed by atoms with E-state index in [0.29, 0.717) is 32.7 Å². The van der Waals surface area contributed by atoms with Crippen LogP contribution in [0.4, 0.5) is 0 Å². The Kier molecular flexibility index (Phi) is 7.30. The zero-order valence-electron chi connectivity index (χ0n) is 14.8. The molecule has 0 aliphatic rings. The van der Waals surface area contributed by atoms with Crippen LogP contribution in [-0.2, 0) is 0 Å². The Morgan fingerprint density at radius 1 is 1.31 bits per heavy atom. The number of carbonyl (C=O) groups is 1. The summed E-state index contributed by atoms with van der Waals surface area (Å²) in [5, 5.41) is 4.84. The monoisotopic (exact) mass is 394 g/mol. The first-order valence-electron chi connectivity index (χ1n) is 8.07. The van der Waals surface area contributed by atoms with Gasteiger partial charge in [0.1, 0.15) is 0 Å². The number of benzene rings is 2. The summed E-state index contributed by atoms with van der Waals surface area (Å²) < 4.78 is 11.1. The van der Waals surface area contributed by atoms with Crippen molar-refractivity contribution in [3.8, 4) is 11.5 Å². The second kappa shape index (κ2) is 9.46. The summed E-state index contributed by atoms with van der Waals surface area (Å²) in [6.45, 7) is 3.98. The van der Waals surface area contributed by atoms with Crippen molar-refractivity contribution >= 4 is 35.3 Å². The van der Waals surface area contributed by atoms with Crippen molar-refractivity contribution < 1.29 is 14.3 Å². The molecule has 5 nitrogen and oxygen atoms in total. The standard InChI is InChI=1S/C19H20Cl2N2O3/c1-4-12(2)26-18-16(21)8-13(9-17(18)25-3)11-22-23-19(24)14-6-5-7-15(20)10-14/h5-12H,4H2,1-3H3,(H,23,24)/b22-11-/t12-/m0/s1. The van der Waals surface area contributed by atoms with Gasteiger partial charge in [0.2, 0.25) is 0 Å². The van der Waals surface area contributed by atoms with E-state index in [1.807, 2.05) is 13.8 Å². The van der Waals surface area contributed by atoms with E-state index in [2.05, 4.69) is 10.5 Å². The number of hydrogen-bond acceptors (Lipinski definition) is 4. The second-order valence-corrected chi connectivity index (χ2v) is 6.42. The molecule has 2 aromatic rings. The summed E-state index contributed by atoms with van der Waals surface area (Å²) in [6.07, 6.45) is 2.33. The van der Waals surface area contributed by atoms with Crippen molar-refractivity contribution in [2.75, 3.05) is 7.11 Å². The van der Waals surface area contributed by atoms with E-state index in [-0.39, 0.29) is 12.0 Å². The molecule has 0 bridgehead atoms. The Morgan fingerprint density at radius 3 is 2.73 bits per heavy atom. The first-order valence-corrected chi connectivity index (χ1v) is 8.83. The van der Waals surface area contributed by atoms with Crippen LogP contribution < -0.4 is 14.9 Å². The van der Waals surface area contributed by atoms with Crippen LogP contribution in [0.2, 0.25) is 10.0 Å². The van der Waals surface area contributed by atoms with E-state index in [1.54, 1.807) is 36.4 Å². The molecule has 0 aromatic heterocycles. The summed E-state index contributed by atoms with van der Waals surface area (Å²) in [4.78, 5) is 12.0. The fraction of sp³-hybridized carbons (Fsp3) is 0.263. The SMILES string of the molecule is CC[C@H](C)Oc1c(Cl)cc(/C=N\NC(=O)c2cccc(Cl)c2)cc1OC. The summed E-state index contributed by atoms with van der Waals surface area (Å²) in [6, 6.07) is 10.0. The topological polar surface area (TPSA) is 59.9 Å². The molecule has 0 radical (unpaired) electrons. The maximum Gasteiger partial charge on any atom is 0.271 e. The zero-order valence-corrected chi connectivity index (χ0v) is 16.3. The van der Waals surface area contributed by atoms with Gasteiger partial charge in [0.05, 0.1) is 24.5 Å². The summed E-state index contributed by atoms with van der Waals surface area (Å²) in [5.41, 5.74) is 3.53. The molecule has 0 saturated carbocycles.